The van der Waals surface area contributed by atoms with Gasteiger partial charge in [0.2, 0.25) is 5.91 Å². The summed E-state index contributed by atoms with van der Waals surface area (Å²) >= 11 is 2.70. The van der Waals surface area contributed by atoms with Crippen LogP contribution in [0.5, 0.6) is 0 Å². The van der Waals surface area contributed by atoms with Crippen LogP contribution in [-0.4, -0.2) is 62.2 Å². The van der Waals surface area contributed by atoms with E-state index in [2.05, 4.69) is 35.9 Å². The third kappa shape index (κ3) is 8.12. The van der Waals surface area contributed by atoms with Crippen molar-refractivity contribution in [3.63, 3.8) is 0 Å². The molecule has 226 valence electrons. The average Bonchev–Trinajstić information content (AvgIpc) is 3.75. The van der Waals surface area contributed by atoms with Crippen molar-refractivity contribution < 1.29 is 14.4 Å². The zero-order valence-corrected chi connectivity index (χ0v) is 26.1. The summed E-state index contributed by atoms with van der Waals surface area (Å²) in [6.07, 6.45) is 2.92. The van der Waals surface area contributed by atoms with Gasteiger partial charge in [0.1, 0.15) is 27.2 Å². The Morgan fingerprint density at radius 2 is 1.70 bits per heavy atom. The molecule has 11 nitrogen and oxygen atoms in total. The lowest BCUT2D eigenvalue weighted by Crippen LogP contribution is -2.40. The molecule has 1 aromatic carbocycles. The predicted molar refractivity (Wildman–Crippen MR) is 166 cm³/mol. The molecular weight excluding hydrogens is 585 g/mol. The fourth-order valence-electron chi connectivity index (χ4n) is 4.88. The number of carbonyl (C=O) groups excluding carboxylic acids is 3. The van der Waals surface area contributed by atoms with E-state index in [0.717, 1.165) is 17.1 Å². The summed E-state index contributed by atoms with van der Waals surface area (Å²) < 4.78 is 0. The van der Waals surface area contributed by atoms with Crippen molar-refractivity contribution >= 4 is 40.4 Å². The number of nitrogens with zero attached hydrogens (tertiary/aromatic N) is 4. The van der Waals surface area contributed by atoms with Crippen LogP contribution in [0.2, 0.25) is 0 Å². The first kappa shape index (κ1) is 30.5. The molecular formula is C30H36N8O3S2. The van der Waals surface area contributed by atoms with Gasteiger partial charge in [-0.3, -0.25) is 19.3 Å². The van der Waals surface area contributed by atoms with Gasteiger partial charge in [-0.05, 0) is 31.2 Å². The molecule has 5 rings (SSSR count). The molecule has 0 spiro atoms. The number of carbonyl (C=O) groups is 3. The zero-order chi connectivity index (χ0) is 30.3. The van der Waals surface area contributed by atoms with Gasteiger partial charge < -0.3 is 20.9 Å². The third-order valence-corrected chi connectivity index (χ3v) is 8.96. The molecule has 2 atom stereocenters. The monoisotopic (exact) mass is 620 g/mol. The number of imidazole rings is 1. The lowest BCUT2D eigenvalue weighted by molar-refractivity contribution is -0.123. The molecule has 0 aliphatic carbocycles. The maximum absolute atomic E-state index is 13.5. The number of aromatic nitrogens is 4. The Labute approximate surface area is 258 Å². The molecule has 0 radical (unpaired) electrons. The van der Waals surface area contributed by atoms with Gasteiger partial charge in [-0.15, -0.1) is 22.7 Å². The summed E-state index contributed by atoms with van der Waals surface area (Å²) in [7, 11) is 0. The van der Waals surface area contributed by atoms with Crippen molar-refractivity contribution in [2.24, 2.45) is 5.92 Å². The number of rotatable bonds is 5. The summed E-state index contributed by atoms with van der Waals surface area (Å²) in [6, 6.07) is 9.09. The number of aryl methyl sites for hydroxylation is 1. The number of fused-ring (bicyclic) bond motifs is 4. The van der Waals surface area contributed by atoms with Crippen molar-refractivity contribution in [2.45, 2.75) is 52.2 Å². The Hall–Kier alpha value is -3.94. The maximum atomic E-state index is 13.5. The first-order valence-electron chi connectivity index (χ1n) is 14.3. The molecule has 4 heterocycles. The number of thiazole rings is 2. The maximum Gasteiger partial charge on any atom is 0.271 e. The van der Waals surface area contributed by atoms with Gasteiger partial charge in [0.05, 0.1) is 25.2 Å². The summed E-state index contributed by atoms with van der Waals surface area (Å²) in [4.78, 5) is 58.6. The summed E-state index contributed by atoms with van der Waals surface area (Å²) in [5, 5.41) is 13.9. The molecule has 0 saturated heterocycles. The van der Waals surface area contributed by atoms with Crippen LogP contribution in [0.4, 0.5) is 0 Å². The fraction of sp³-hybridized carbons (Fsp3) is 0.400. The normalized spacial score (nSPS) is 19.2. The Morgan fingerprint density at radius 3 is 2.42 bits per heavy atom. The van der Waals surface area contributed by atoms with E-state index in [-0.39, 0.29) is 41.9 Å². The van der Waals surface area contributed by atoms with Crippen LogP contribution in [0.1, 0.15) is 80.4 Å². The molecule has 1 aliphatic rings. The molecule has 3 amide bonds. The minimum Gasteiger partial charge on any atom is -0.351 e. The topological polar surface area (TPSA) is 145 Å². The highest BCUT2D eigenvalue weighted by Crippen LogP contribution is 2.27. The average molecular weight is 621 g/mol. The van der Waals surface area contributed by atoms with Crippen molar-refractivity contribution in [3.8, 4) is 0 Å². The number of amides is 3. The van der Waals surface area contributed by atoms with Crippen LogP contribution >= 0.6 is 22.7 Å². The van der Waals surface area contributed by atoms with Gasteiger partial charge in [-0.1, -0.05) is 44.2 Å². The van der Waals surface area contributed by atoms with Crippen LogP contribution in [0.3, 0.4) is 0 Å². The minimum absolute atomic E-state index is 0.0345. The minimum atomic E-state index is -0.419. The van der Waals surface area contributed by atoms with E-state index in [1.807, 2.05) is 56.0 Å². The van der Waals surface area contributed by atoms with E-state index in [9.17, 15) is 14.4 Å². The van der Waals surface area contributed by atoms with E-state index in [4.69, 9.17) is 0 Å². The quantitative estimate of drug-likeness (QED) is 0.266. The van der Waals surface area contributed by atoms with E-state index in [0.29, 0.717) is 48.2 Å². The van der Waals surface area contributed by atoms with Gasteiger partial charge in [0.25, 0.3) is 11.8 Å². The zero-order valence-electron chi connectivity index (χ0n) is 24.4. The number of H-pyrrole nitrogens is 1. The molecule has 4 N–H and O–H groups in total. The van der Waals surface area contributed by atoms with Crippen LogP contribution in [0, 0.1) is 12.8 Å². The Bertz CT molecular complexity index is 1550. The molecule has 1 aliphatic heterocycles. The van der Waals surface area contributed by atoms with Crippen molar-refractivity contribution in [2.75, 3.05) is 19.6 Å². The smallest absolute Gasteiger partial charge is 0.271 e. The van der Waals surface area contributed by atoms with E-state index < -0.39 is 6.04 Å². The lowest BCUT2D eigenvalue weighted by Gasteiger charge is -2.23. The Morgan fingerprint density at radius 1 is 0.977 bits per heavy atom. The van der Waals surface area contributed by atoms with Crippen LogP contribution in [-0.2, 0) is 17.8 Å². The van der Waals surface area contributed by atoms with E-state index in [1.165, 1.54) is 22.7 Å². The fourth-order valence-corrected chi connectivity index (χ4v) is 6.75. The highest BCUT2D eigenvalue weighted by Gasteiger charge is 2.27. The van der Waals surface area contributed by atoms with Crippen molar-refractivity contribution in [1.29, 1.82) is 0 Å². The summed E-state index contributed by atoms with van der Waals surface area (Å²) in [5.41, 5.74) is 2.59. The second-order valence-corrected chi connectivity index (χ2v) is 12.8. The molecule has 0 unspecified atom stereocenters. The second-order valence-electron chi connectivity index (χ2n) is 11.0. The second kappa shape index (κ2) is 14.0. The predicted octanol–water partition coefficient (Wildman–Crippen LogP) is 3.79. The Kier molecular flexibility index (Phi) is 9.95. The van der Waals surface area contributed by atoms with Gasteiger partial charge in [-0.25, -0.2) is 15.0 Å². The SMILES string of the molecule is Cc1cnc(CN2CCCNC(=O)c3csc(n3)[C@H](C(C)C)NC(=O)c3csc(n3)[C@H](Cc3ccccc3)NC(=O)C2)[nH]1. The van der Waals surface area contributed by atoms with Gasteiger partial charge in [-0.2, -0.15) is 0 Å². The largest absolute Gasteiger partial charge is 0.351 e. The number of nitrogens with one attached hydrogen (secondary N) is 4. The van der Waals surface area contributed by atoms with Crippen LogP contribution < -0.4 is 16.0 Å². The van der Waals surface area contributed by atoms with Gasteiger partial charge in [0.15, 0.2) is 0 Å². The first-order chi connectivity index (χ1) is 20.7. The van der Waals surface area contributed by atoms with E-state index >= 15 is 0 Å². The Balaban J connectivity index is 1.44. The molecule has 0 saturated carbocycles. The van der Waals surface area contributed by atoms with Crippen LogP contribution in [0.15, 0.2) is 47.3 Å². The molecule has 4 bridgehead atoms. The molecule has 4 aromatic rings. The molecule has 0 fully saturated rings. The van der Waals surface area contributed by atoms with Gasteiger partial charge >= 0.3 is 0 Å². The van der Waals surface area contributed by atoms with Crippen molar-refractivity contribution in [1.82, 2.24) is 40.8 Å². The third-order valence-electron chi connectivity index (χ3n) is 7.08. The standard InChI is InChI=1S/C30H36N8O3S2/c1-18(2)26-30-36-22(16-43-30)27(40)31-10-7-11-38(14-24-32-13-19(3)33-24)15-25(39)34-21(12-20-8-5-4-6-9-20)29-35-23(17-42-29)28(41)37-26/h4-6,8-9,13,16-18,21,26H,7,10-12,14-15H2,1-3H3,(H,31,40)(H,32,33)(H,34,39)(H,37,41)/t21-,26-/m0/s1. The first-order valence-corrected chi connectivity index (χ1v) is 16.1. The van der Waals surface area contributed by atoms with E-state index in [1.54, 1.807) is 17.0 Å². The highest BCUT2D eigenvalue weighted by molar-refractivity contribution is 7.10. The molecule has 43 heavy (non-hydrogen) atoms. The number of benzene rings is 1. The molecule has 3 aromatic heterocycles. The summed E-state index contributed by atoms with van der Waals surface area (Å²) in [5.74, 6) is 0.0335. The highest BCUT2D eigenvalue weighted by atomic mass is 32.1. The summed E-state index contributed by atoms with van der Waals surface area (Å²) in [6.45, 7) is 7.49. The molecule has 13 heteroatoms. The van der Waals surface area contributed by atoms with Gasteiger partial charge in [0, 0.05) is 35.7 Å². The van der Waals surface area contributed by atoms with Crippen molar-refractivity contribution in [3.05, 3.63) is 85.8 Å². The number of hydrogen-bond donors (Lipinski definition) is 4. The lowest BCUT2D eigenvalue weighted by atomic mass is 10.0. The number of aromatic amines is 1. The van der Waals surface area contributed by atoms with Crippen LogP contribution in [0.25, 0.3) is 0 Å². The number of hydrogen-bond acceptors (Lipinski definition) is 9.